The average Bonchev–Trinajstić information content (AvgIpc) is 1.84. The maximum absolute atomic E-state index is 5.67. The zero-order valence-corrected chi connectivity index (χ0v) is 6.81. The SMILES string of the molecule is CN[C@@H](C)[C@H](C)C(C)N. The lowest BCUT2D eigenvalue weighted by Gasteiger charge is -2.22. The van der Waals surface area contributed by atoms with E-state index in [0.29, 0.717) is 12.0 Å². The molecule has 0 aliphatic carbocycles. The molecule has 0 spiro atoms. The van der Waals surface area contributed by atoms with Crippen LogP contribution in [-0.2, 0) is 0 Å². The minimum atomic E-state index is 0.285. The second kappa shape index (κ2) is 3.85. The fourth-order valence-electron chi connectivity index (χ4n) is 0.718. The quantitative estimate of drug-likeness (QED) is 0.586. The van der Waals surface area contributed by atoms with Crippen molar-refractivity contribution in [3.63, 3.8) is 0 Å². The molecule has 0 heterocycles. The lowest BCUT2D eigenvalue weighted by Crippen LogP contribution is -2.38. The van der Waals surface area contributed by atoms with Gasteiger partial charge >= 0.3 is 0 Å². The highest BCUT2D eigenvalue weighted by atomic mass is 14.9. The average molecular weight is 130 g/mol. The molecule has 0 aliphatic rings. The topological polar surface area (TPSA) is 38.0 Å². The first-order chi connectivity index (χ1) is 4.09. The smallest absolute Gasteiger partial charge is 0.00760 e. The Balaban J connectivity index is 3.58. The summed E-state index contributed by atoms with van der Waals surface area (Å²) in [7, 11) is 1.96. The van der Waals surface area contributed by atoms with Crippen LogP contribution in [0, 0.1) is 5.92 Å². The van der Waals surface area contributed by atoms with Gasteiger partial charge in [-0.1, -0.05) is 6.92 Å². The van der Waals surface area contributed by atoms with E-state index in [2.05, 4.69) is 19.2 Å². The molecule has 0 bridgehead atoms. The lowest BCUT2D eigenvalue weighted by atomic mass is 9.97. The Labute approximate surface area is 57.8 Å². The molecule has 0 saturated carbocycles. The van der Waals surface area contributed by atoms with Crippen LogP contribution < -0.4 is 11.1 Å². The number of rotatable bonds is 3. The lowest BCUT2D eigenvalue weighted by molar-refractivity contribution is 0.373. The van der Waals surface area contributed by atoms with Crippen molar-refractivity contribution < 1.29 is 0 Å². The van der Waals surface area contributed by atoms with Crippen LogP contribution >= 0.6 is 0 Å². The summed E-state index contributed by atoms with van der Waals surface area (Å²) < 4.78 is 0. The summed E-state index contributed by atoms with van der Waals surface area (Å²) in [5.74, 6) is 0.551. The van der Waals surface area contributed by atoms with E-state index in [9.17, 15) is 0 Å². The molecule has 0 aromatic rings. The predicted molar refractivity (Wildman–Crippen MR) is 41.3 cm³/mol. The van der Waals surface area contributed by atoms with Crippen molar-refractivity contribution in [2.75, 3.05) is 7.05 Å². The third-order valence-corrected chi connectivity index (χ3v) is 2.07. The van der Waals surface area contributed by atoms with E-state index in [-0.39, 0.29) is 6.04 Å². The van der Waals surface area contributed by atoms with Gasteiger partial charge < -0.3 is 11.1 Å². The Hall–Kier alpha value is -0.0800. The minimum absolute atomic E-state index is 0.285. The molecular formula is C7H18N2. The maximum Gasteiger partial charge on any atom is 0.00760 e. The Kier molecular flexibility index (Phi) is 3.82. The summed E-state index contributed by atoms with van der Waals surface area (Å²) in [6.07, 6.45) is 0. The van der Waals surface area contributed by atoms with Crippen molar-refractivity contribution in [1.29, 1.82) is 0 Å². The molecule has 0 saturated heterocycles. The van der Waals surface area contributed by atoms with Crippen molar-refractivity contribution in [3.8, 4) is 0 Å². The van der Waals surface area contributed by atoms with Crippen molar-refractivity contribution in [2.24, 2.45) is 11.7 Å². The molecule has 2 nitrogen and oxygen atoms in total. The Morgan fingerprint density at radius 3 is 1.78 bits per heavy atom. The van der Waals surface area contributed by atoms with Gasteiger partial charge in [-0.25, -0.2) is 0 Å². The summed E-state index contributed by atoms with van der Waals surface area (Å²) in [5.41, 5.74) is 5.67. The first-order valence-corrected chi connectivity index (χ1v) is 3.52. The van der Waals surface area contributed by atoms with Crippen LogP contribution in [0.2, 0.25) is 0 Å². The zero-order valence-electron chi connectivity index (χ0n) is 6.81. The normalized spacial score (nSPS) is 21.0. The molecule has 1 unspecified atom stereocenters. The number of nitrogens with one attached hydrogen (secondary N) is 1. The maximum atomic E-state index is 5.67. The van der Waals surface area contributed by atoms with Gasteiger partial charge in [0.25, 0.3) is 0 Å². The Morgan fingerprint density at radius 2 is 1.67 bits per heavy atom. The van der Waals surface area contributed by atoms with Crippen molar-refractivity contribution >= 4 is 0 Å². The molecule has 0 radical (unpaired) electrons. The van der Waals surface area contributed by atoms with Crippen LogP contribution in [0.3, 0.4) is 0 Å². The number of hydrogen-bond acceptors (Lipinski definition) is 2. The predicted octanol–water partition coefficient (Wildman–Crippen LogP) is 0.578. The van der Waals surface area contributed by atoms with E-state index in [0.717, 1.165) is 0 Å². The second-order valence-electron chi connectivity index (χ2n) is 2.80. The fraction of sp³-hybridized carbons (Fsp3) is 1.00. The summed E-state index contributed by atoms with van der Waals surface area (Å²) in [5, 5.41) is 3.17. The second-order valence-corrected chi connectivity index (χ2v) is 2.80. The van der Waals surface area contributed by atoms with E-state index in [1.165, 1.54) is 0 Å². The molecule has 2 heteroatoms. The molecule has 0 aromatic heterocycles. The van der Waals surface area contributed by atoms with Gasteiger partial charge in [0.2, 0.25) is 0 Å². The van der Waals surface area contributed by atoms with Crippen molar-refractivity contribution in [1.82, 2.24) is 5.32 Å². The van der Waals surface area contributed by atoms with Gasteiger partial charge in [-0.3, -0.25) is 0 Å². The molecule has 0 rings (SSSR count). The summed E-state index contributed by atoms with van der Waals surface area (Å²) in [6.45, 7) is 6.35. The van der Waals surface area contributed by atoms with Gasteiger partial charge in [0, 0.05) is 12.1 Å². The van der Waals surface area contributed by atoms with E-state index in [1.54, 1.807) is 0 Å². The van der Waals surface area contributed by atoms with E-state index < -0.39 is 0 Å². The zero-order chi connectivity index (χ0) is 7.44. The summed E-state index contributed by atoms with van der Waals surface area (Å²) in [4.78, 5) is 0. The van der Waals surface area contributed by atoms with Gasteiger partial charge in [0.1, 0.15) is 0 Å². The van der Waals surface area contributed by atoms with E-state index in [4.69, 9.17) is 5.73 Å². The van der Waals surface area contributed by atoms with Crippen LogP contribution in [0.1, 0.15) is 20.8 Å². The highest BCUT2D eigenvalue weighted by molar-refractivity contribution is 4.73. The highest BCUT2D eigenvalue weighted by Crippen LogP contribution is 2.04. The van der Waals surface area contributed by atoms with Crippen LogP contribution in [0.15, 0.2) is 0 Å². The van der Waals surface area contributed by atoms with Gasteiger partial charge in [0.15, 0.2) is 0 Å². The van der Waals surface area contributed by atoms with Gasteiger partial charge in [-0.05, 0) is 26.8 Å². The number of nitrogens with two attached hydrogens (primary N) is 1. The third-order valence-electron chi connectivity index (χ3n) is 2.07. The standard InChI is InChI=1S/C7H18N2/c1-5(6(2)8)7(3)9-4/h5-7,9H,8H2,1-4H3/t5-,6?,7+/m1/s1. The van der Waals surface area contributed by atoms with Crippen LogP contribution in [0.4, 0.5) is 0 Å². The number of hydrogen-bond donors (Lipinski definition) is 2. The van der Waals surface area contributed by atoms with E-state index in [1.807, 2.05) is 14.0 Å². The molecule has 0 aromatic carbocycles. The molecule has 0 aliphatic heterocycles. The van der Waals surface area contributed by atoms with Crippen LogP contribution in [0.5, 0.6) is 0 Å². The molecular weight excluding hydrogens is 112 g/mol. The van der Waals surface area contributed by atoms with Crippen molar-refractivity contribution in [2.45, 2.75) is 32.9 Å². The van der Waals surface area contributed by atoms with Gasteiger partial charge in [0.05, 0.1) is 0 Å². The first kappa shape index (κ1) is 8.92. The van der Waals surface area contributed by atoms with Crippen molar-refractivity contribution in [3.05, 3.63) is 0 Å². The monoisotopic (exact) mass is 130 g/mol. The largest absolute Gasteiger partial charge is 0.328 e. The van der Waals surface area contributed by atoms with Gasteiger partial charge in [-0.2, -0.15) is 0 Å². The minimum Gasteiger partial charge on any atom is -0.328 e. The summed E-state index contributed by atoms with van der Waals surface area (Å²) in [6, 6.07) is 0.803. The molecule has 3 atom stereocenters. The molecule has 0 amide bonds. The highest BCUT2D eigenvalue weighted by Gasteiger charge is 2.12. The third kappa shape index (κ3) is 2.82. The Bertz CT molecular complexity index is 71.3. The summed E-state index contributed by atoms with van der Waals surface area (Å²) >= 11 is 0. The van der Waals surface area contributed by atoms with E-state index >= 15 is 0 Å². The molecule has 56 valence electrons. The van der Waals surface area contributed by atoms with Crippen LogP contribution in [0.25, 0.3) is 0 Å². The molecule has 9 heavy (non-hydrogen) atoms. The first-order valence-electron chi connectivity index (χ1n) is 3.52. The Morgan fingerprint density at radius 1 is 1.22 bits per heavy atom. The van der Waals surface area contributed by atoms with Crippen LogP contribution in [-0.4, -0.2) is 19.1 Å². The molecule has 3 N–H and O–H groups in total. The van der Waals surface area contributed by atoms with Gasteiger partial charge in [-0.15, -0.1) is 0 Å². The fourth-order valence-corrected chi connectivity index (χ4v) is 0.718. The molecule has 0 fully saturated rings.